The maximum atomic E-state index is 13.1. The molecule has 0 bridgehead atoms. The topological polar surface area (TPSA) is 23.6 Å². The number of hydrogen-bond donors (Lipinski definition) is 0. The monoisotopic (exact) mass is 284 g/mol. The lowest BCUT2D eigenvalue weighted by molar-refractivity contribution is 0.0761. The summed E-state index contributed by atoms with van der Waals surface area (Å²) >= 11 is 5.74. The number of benzene rings is 1. The third-order valence-corrected chi connectivity index (χ3v) is 3.52. The Labute approximate surface area is 117 Å². The van der Waals surface area contributed by atoms with Crippen LogP contribution in [-0.4, -0.2) is 54.3 Å². The van der Waals surface area contributed by atoms with Crippen LogP contribution in [0.2, 0.25) is 0 Å². The van der Waals surface area contributed by atoms with Gasteiger partial charge in [-0.2, -0.15) is 0 Å². The van der Waals surface area contributed by atoms with E-state index in [-0.39, 0.29) is 11.7 Å². The third-order valence-electron chi connectivity index (χ3n) is 3.35. The van der Waals surface area contributed by atoms with Gasteiger partial charge in [0.05, 0.1) is 0 Å². The van der Waals surface area contributed by atoms with Gasteiger partial charge in [0.2, 0.25) is 0 Å². The SMILES string of the molecule is O=C(c1cccc(F)c1)N1CCCN(CCCl)CC1. The molecule has 0 aliphatic carbocycles. The molecule has 1 amide bonds. The second-order valence-electron chi connectivity index (χ2n) is 4.69. The molecule has 19 heavy (non-hydrogen) atoms. The summed E-state index contributed by atoms with van der Waals surface area (Å²) in [6, 6.07) is 5.87. The van der Waals surface area contributed by atoms with Crippen molar-refractivity contribution in [3.63, 3.8) is 0 Å². The van der Waals surface area contributed by atoms with Gasteiger partial charge in [0.1, 0.15) is 5.82 Å². The van der Waals surface area contributed by atoms with E-state index >= 15 is 0 Å². The fourth-order valence-corrected chi connectivity index (χ4v) is 2.56. The maximum absolute atomic E-state index is 13.1. The van der Waals surface area contributed by atoms with Gasteiger partial charge in [-0.1, -0.05) is 6.07 Å². The molecule has 0 atom stereocenters. The normalized spacial score (nSPS) is 17.3. The minimum atomic E-state index is -0.371. The number of amides is 1. The van der Waals surface area contributed by atoms with Gasteiger partial charge in [0.15, 0.2) is 0 Å². The van der Waals surface area contributed by atoms with Crippen LogP contribution >= 0.6 is 11.6 Å². The predicted octanol–water partition coefficient (Wildman–Crippen LogP) is 2.21. The van der Waals surface area contributed by atoms with Crippen molar-refractivity contribution < 1.29 is 9.18 Å². The van der Waals surface area contributed by atoms with Gasteiger partial charge in [0, 0.05) is 37.6 Å². The molecule has 5 heteroatoms. The van der Waals surface area contributed by atoms with Crippen LogP contribution < -0.4 is 0 Å². The van der Waals surface area contributed by atoms with Gasteiger partial charge in [-0.3, -0.25) is 4.79 Å². The van der Waals surface area contributed by atoms with Crippen LogP contribution in [0, 0.1) is 5.82 Å². The molecule has 1 saturated heterocycles. The van der Waals surface area contributed by atoms with Crippen molar-refractivity contribution in [3.05, 3.63) is 35.6 Å². The average molecular weight is 285 g/mol. The molecule has 1 aromatic rings. The zero-order chi connectivity index (χ0) is 13.7. The van der Waals surface area contributed by atoms with Gasteiger partial charge in [-0.05, 0) is 31.2 Å². The van der Waals surface area contributed by atoms with E-state index in [1.165, 1.54) is 12.1 Å². The number of alkyl halides is 1. The number of hydrogen-bond acceptors (Lipinski definition) is 2. The zero-order valence-corrected chi connectivity index (χ0v) is 11.6. The second kappa shape index (κ2) is 6.87. The Kier molecular flexibility index (Phi) is 5.16. The number of nitrogens with zero attached hydrogens (tertiary/aromatic N) is 2. The highest BCUT2D eigenvalue weighted by Crippen LogP contribution is 2.10. The highest BCUT2D eigenvalue weighted by atomic mass is 35.5. The molecule has 0 unspecified atom stereocenters. The minimum Gasteiger partial charge on any atom is -0.337 e. The fraction of sp³-hybridized carbons (Fsp3) is 0.500. The largest absolute Gasteiger partial charge is 0.337 e. The van der Waals surface area contributed by atoms with E-state index in [4.69, 9.17) is 11.6 Å². The molecule has 0 radical (unpaired) electrons. The Hall–Kier alpha value is -1.13. The first kappa shape index (κ1) is 14.3. The molecule has 0 aromatic heterocycles. The van der Waals surface area contributed by atoms with Crippen molar-refractivity contribution in [1.29, 1.82) is 0 Å². The van der Waals surface area contributed by atoms with Crippen LogP contribution in [-0.2, 0) is 0 Å². The van der Waals surface area contributed by atoms with E-state index in [0.717, 1.165) is 26.1 Å². The molecule has 1 heterocycles. The molecule has 2 rings (SSSR count). The summed E-state index contributed by atoms with van der Waals surface area (Å²) in [5.41, 5.74) is 0.422. The highest BCUT2D eigenvalue weighted by Gasteiger charge is 2.20. The summed E-state index contributed by atoms with van der Waals surface area (Å²) in [6.07, 6.45) is 0.929. The van der Waals surface area contributed by atoms with Gasteiger partial charge >= 0.3 is 0 Å². The van der Waals surface area contributed by atoms with E-state index in [9.17, 15) is 9.18 Å². The first-order valence-corrected chi connectivity index (χ1v) is 7.07. The first-order chi connectivity index (χ1) is 9.20. The van der Waals surface area contributed by atoms with E-state index in [1.807, 2.05) is 0 Å². The van der Waals surface area contributed by atoms with Crippen molar-refractivity contribution in [1.82, 2.24) is 9.80 Å². The summed E-state index contributed by atoms with van der Waals surface area (Å²) in [4.78, 5) is 16.3. The highest BCUT2D eigenvalue weighted by molar-refractivity contribution is 6.18. The molecule has 1 aliphatic heterocycles. The summed E-state index contributed by atoms with van der Waals surface area (Å²) in [5, 5.41) is 0. The molecule has 0 N–H and O–H groups in total. The number of halogens is 2. The van der Waals surface area contributed by atoms with E-state index in [0.29, 0.717) is 24.5 Å². The van der Waals surface area contributed by atoms with Crippen LogP contribution in [0.3, 0.4) is 0 Å². The number of carbonyl (C=O) groups is 1. The Bertz CT molecular complexity index is 441. The molecule has 104 valence electrons. The van der Waals surface area contributed by atoms with Crippen molar-refractivity contribution in [2.24, 2.45) is 0 Å². The maximum Gasteiger partial charge on any atom is 0.254 e. The lowest BCUT2D eigenvalue weighted by Gasteiger charge is -2.21. The Balaban J connectivity index is 2.00. The van der Waals surface area contributed by atoms with Crippen LogP contribution in [0.5, 0.6) is 0 Å². The Morgan fingerprint density at radius 1 is 1.26 bits per heavy atom. The van der Waals surface area contributed by atoms with E-state index in [2.05, 4.69) is 4.90 Å². The average Bonchev–Trinajstić information content (AvgIpc) is 2.64. The molecule has 0 saturated carbocycles. The van der Waals surface area contributed by atoms with Crippen LogP contribution in [0.4, 0.5) is 4.39 Å². The smallest absolute Gasteiger partial charge is 0.254 e. The Morgan fingerprint density at radius 2 is 2.11 bits per heavy atom. The summed E-state index contributed by atoms with van der Waals surface area (Å²) in [7, 11) is 0. The van der Waals surface area contributed by atoms with Crippen molar-refractivity contribution in [2.45, 2.75) is 6.42 Å². The van der Waals surface area contributed by atoms with E-state index < -0.39 is 0 Å². The van der Waals surface area contributed by atoms with Gasteiger partial charge in [-0.15, -0.1) is 11.6 Å². The molecule has 0 spiro atoms. The van der Waals surface area contributed by atoms with Crippen molar-refractivity contribution in [2.75, 3.05) is 38.6 Å². The number of rotatable bonds is 3. The quantitative estimate of drug-likeness (QED) is 0.795. The third kappa shape index (κ3) is 3.91. The predicted molar refractivity (Wildman–Crippen MR) is 74.1 cm³/mol. The lowest BCUT2D eigenvalue weighted by atomic mass is 10.2. The van der Waals surface area contributed by atoms with Crippen LogP contribution in [0.1, 0.15) is 16.8 Å². The zero-order valence-electron chi connectivity index (χ0n) is 10.8. The van der Waals surface area contributed by atoms with Gasteiger partial charge < -0.3 is 9.80 Å². The van der Waals surface area contributed by atoms with Crippen LogP contribution in [0.15, 0.2) is 24.3 Å². The van der Waals surface area contributed by atoms with Gasteiger partial charge in [0.25, 0.3) is 5.91 Å². The summed E-state index contributed by atoms with van der Waals surface area (Å²) in [6.45, 7) is 4.03. The first-order valence-electron chi connectivity index (χ1n) is 6.54. The second-order valence-corrected chi connectivity index (χ2v) is 5.06. The van der Waals surface area contributed by atoms with Crippen molar-refractivity contribution in [3.8, 4) is 0 Å². The summed E-state index contributed by atoms with van der Waals surface area (Å²) in [5.74, 6) is 0.148. The fourth-order valence-electron chi connectivity index (χ4n) is 2.32. The standard InChI is InChI=1S/C14H18ClFN2O/c15-5-8-17-6-2-7-18(10-9-17)14(19)12-3-1-4-13(16)11-12/h1,3-4,11H,2,5-10H2. The number of carbonyl (C=O) groups excluding carboxylic acids is 1. The van der Waals surface area contributed by atoms with Crippen molar-refractivity contribution >= 4 is 17.5 Å². The molecular formula is C14H18ClFN2O. The molecule has 1 aromatic carbocycles. The lowest BCUT2D eigenvalue weighted by Crippen LogP contribution is -2.35. The molecule has 3 nitrogen and oxygen atoms in total. The van der Waals surface area contributed by atoms with Gasteiger partial charge in [-0.25, -0.2) is 4.39 Å². The van der Waals surface area contributed by atoms with E-state index in [1.54, 1.807) is 17.0 Å². The van der Waals surface area contributed by atoms with Crippen LogP contribution in [0.25, 0.3) is 0 Å². The minimum absolute atomic E-state index is 0.0905. The molecule has 1 fully saturated rings. The molecule has 1 aliphatic rings. The summed E-state index contributed by atoms with van der Waals surface area (Å²) < 4.78 is 13.1. The Morgan fingerprint density at radius 3 is 2.84 bits per heavy atom. The molecular weight excluding hydrogens is 267 g/mol.